The molecule has 1 aliphatic heterocycles. The van der Waals surface area contributed by atoms with Crippen LogP contribution in [-0.2, 0) is 33.5 Å². The van der Waals surface area contributed by atoms with Gasteiger partial charge in [0.2, 0.25) is 29.5 Å². The number of cyclic esters (lactones) is 1. The van der Waals surface area contributed by atoms with Gasteiger partial charge in [-0.3, -0.25) is 28.8 Å². The fraction of sp³-hybridized carbons (Fsp3) is 0.800. The lowest BCUT2D eigenvalue weighted by atomic mass is 9.94. The second kappa shape index (κ2) is 24.3. The average molecular weight is 726 g/mol. The molecule has 8 N–H and O–H groups in total. The summed E-state index contributed by atoms with van der Waals surface area (Å²) in [6.45, 7) is 7.44. The summed E-state index contributed by atoms with van der Waals surface area (Å²) < 4.78 is 5.78. The largest absolute Gasteiger partial charge is 0.460 e. The number of hydrogen-bond acceptors (Lipinski definition) is 9. The van der Waals surface area contributed by atoms with E-state index in [0.29, 0.717) is 19.3 Å². The summed E-state index contributed by atoms with van der Waals surface area (Å²) in [4.78, 5) is 93.2. The Morgan fingerprint density at radius 2 is 1.41 bits per heavy atom. The molecule has 292 valence electrons. The Morgan fingerprint density at radius 1 is 0.843 bits per heavy atom. The molecule has 6 atom stereocenters. The summed E-state index contributed by atoms with van der Waals surface area (Å²) >= 11 is 0. The number of esters is 1. The number of rotatable bonds is 16. The van der Waals surface area contributed by atoms with Crippen LogP contribution in [-0.4, -0.2) is 109 Å². The number of primary amides is 1. The number of nitrogens with two attached hydrogens (primary N) is 1. The molecule has 0 saturated carbocycles. The van der Waals surface area contributed by atoms with E-state index < -0.39 is 97.4 Å². The van der Waals surface area contributed by atoms with Crippen molar-refractivity contribution in [2.45, 2.75) is 142 Å². The van der Waals surface area contributed by atoms with Crippen LogP contribution in [0.15, 0.2) is 0 Å². The number of nitrogens with zero attached hydrogens (tertiary/aromatic N) is 1. The van der Waals surface area contributed by atoms with Crippen LogP contribution in [0.3, 0.4) is 0 Å². The number of unbranched alkanes of at least 4 members (excludes halogenated alkanes) is 7. The Labute approximate surface area is 302 Å². The molecule has 16 heteroatoms. The molecular weight excluding hydrogens is 662 g/mol. The first-order valence-electron chi connectivity index (χ1n) is 18.5. The van der Waals surface area contributed by atoms with E-state index in [4.69, 9.17) is 10.5 Å². The van der Waals surface area contributed by atoms with Gasteiger partial charge >= 0.3 is 12.0 Å². The Balaban J connectivity index is 3.48. The lowest BCUT2D eigenvalue weighted by molar-refractivity contribution is -0.157. The number of carbonyl (C=O) groups is 7. The van der Waals surface area contributed by atoms with Gasteiger partial charge in [0.1, 0.15) is 36.8 Å². The first-order valence-corrected chi connectivity index (χ1v) is 18.5. The fourth-order valence-corrected chi connectivity index (χ4v) is 5.88. The second-order valence-corrected chi connectivity index (χ2v) is 13.8. The van der Waals surface area contributed by atoms with E-state index in [0.717, 1.165) is 32.1 Å². The molecule has 16 nitrogen and oxygen atoms in total. The molecule has 0 radical (unpaired) electrons. The molecule has 0 aromatic carbocycles. The molecule has 1 fully saturated rings. The van der Waals surface area contributed by atoms with Crippen molar-refractivity contribution in [3.8, 4) is 0 Å². The van der Waals surface area contributed by atoms with E-state index in [1.165, 1.54) is 24.8 Å². The number of nitrogens with one attached hydrogen (secondary N) is 5. The third kappa shape index (κ3) is 16.7. The molecule has 0 aromatic heterocycles. The molecule has 0 spiro atoms. The van der Waals surface area contributed by atoms with Crippen LogP contribution in [0.25, 0.3) is 0 Å². The summed E-state index contributed by atoms with van der Waals surface area (Å²) in [5.41, 5.74) is 5.16. The Kier molecular flexibility index (Phi) is 21.5. The Bertz CT molecular complexity index is 1150. The molecular formula is C35H63N7O9. The molecule has 0 aliphatic carbocycles. The summed E-state index contributed by atoms with van der Waals surface area (Å²) in [7, 11) is 1.50. The minimum absolute atomic E-state index is 0.0135. The van der Waals surface area contributed by atoms with Crippen LogP contribution in [0.2, 0.25) is 0 Å². The van der Waals surface area contributed by atoms with E-state index in [1.54, 1.807) is 13.8 Å². The van der Waals surface area contributed by atoms with Gasteiger partial charge in [-0.1, -0.05) is 86.0 Å². The van der Waals surface area contributed by atoms with E-state index in [2.05, 4.69) is 33.5 Å². The number of aliphatic hydroxyl groups excluding tert-OH is 1. The van der Waals surface area contributed by atoms with Crippen LogP contribution < -0.4 is 32.3 Å². The number of hydrogen-bond donors (Lipinski definition) is 7. The highest BCUT2D eigenvalue weighted by Gasteiger charge is 2.37. The topological polar surface area (TPSA) is 238 Å². The summed E-state index contributed by atoms with van der Waals surface area (Å²) in [6.07, 6.45) is 8.75. The minimum Gasteiger partial charge on any atom is -0.460 e. The number of carbonyl (C=O) groups excluding carboxylic acids is 7. The normalized spacial score (nSPS) is 24.7. The highest BCUT2D eigenvalue weighted by atomic mass is 16.5. The van der Waals surface area contributed by atoms with Crippen molar-refractivity contribution >= 4 is 41.5 Å². The molecule has 7 amide bonds. The predicted octanol–water partition coefficient (Wildman–Crippen LogP) is 0.983. The van der Waals surface area contributed by atoms with Crippen LogP contribution in [0.5, 0.6) is 0 Å². The molecule has 0 aromatic rings. The highest BCUT2D eigenvalue weighted by molar-refractivity contribution is 5.96. The van der Waals surface area contributed by atoms with Gasteiger partial charge < -0.3 is 47.1 Å². The quantitative estimate of drug-likeness (QED) is 0.0886. The molecule has 1 aliphatic rings. The van der Waals surface area contributed by atoms with Crippen molar-refractivity contribution in [1.29, 1.82) is 0 Å². The van der Waals surface area contributed by atoms with Gasteiger partial charge in [-0.05, 0) is 31.6 Å². The van der Waals surface area contributed by atoms with E-state index >= 15 is 0 Å². The Morgan fingerprint density at radius 3 is 1.98 bits per heavy atom. The van der Waals surface area contributed by atoms with Gasteiger partial charge in [-0.15, -0.1) is 0 Å². The van der Waals surface area contributed by atoms with Crippen LogP contribution in [0, 0.1) is 11.8 Å². The van der Waals surface area contributed by atoms with Crippen LogP contribution >= 0.6 is 0 Å². The second-order valence-electron chi connectivity index (χ2n) is 13.8. The van der Waals surface area contributed by atoms with Crippen molar-refractivity contribution in [1.82, 2.24) is 31.5 Å². The maximum atomic E-state index is 14.0. The standard InChI is InChI=1S/C35H63N7O9/c1-7-9-10-11-12-13-14-15-17-28-23(5)34(49)42(6)27(18-22(3)4)33(48)39-24(16-8-2)31(46)41-26(21-43)32(47)40-25(19-38-35(36)50)30(45)37-20-29(44)51-28/h22-28,43H,7-21H2,1-6H3,(H,37,45)(H,39,48)(H,40,47)(H,41,46)(H3,36,38,50)/t23-,24+,25+,26+,27+,28-/m1/s1. The van der Waals surface area contributed by atoms with Crippen LogP contribution in [0.1, 0.15) is 112 Å². The number of aliphatic hydroxyl groups is 1. The van der Waals surface area contributed by atoms with Gasteiger partial charge in [0.05, 0.1) is 12.5 Å². The van der Waals surface area contributed by atoms with Crippen molar-refractivity contribution in [3.63, 3.8) is 0 Å². The molecule has 51 heavy (non-hydrogen) atoms. The fourth-order valence-electron chi connectivity index (χ4n) is 5.88. The van der Waals surface area contributed by atoms with Gasteiger partial charge in [0.25, 0.3) is 0 Å². The van der Waals surface area contributed by atoms with E-state index in [-0.39, 0.29) is 18.8 Å². The van der Waals surface area contributed by atoms with Gasteiger partial charge in [-0.2, -0.15) is 0 Å². The summed E-state index contributed by atoms with van der Waals surface area (Å²) in [5.74, 6) is -5.32. The number of likely N-dealkylation sites (N-methyl/N-ethyl adjacent to an activating group) is 1. The summed E-state index contributed by atoms with van der Waals surface area (Å²) in [5, 5.41) is 22.1. The molecule has 0 unspecified atom stereocenters. The smallest absolute Gasteiger partial charge is 0.325 e. The van der Waals surface area contributed by atoms with Gasteiger partial charge in [-0.25, -0.2) is 4.79 Å². The van der Waals surface area contributed by atoms with E-state index in [9.17, 15) is 38.7 Å². The van der Waals surface area contributed by atoms with Crippen molar-refractivity contribution in [2.75, 3.05) is 26.7 Å². The van der Waals surface area contributed by atoms with E-state index in [1.807, 2.05) is 13.8 Å². The van der Waals surface area contributed by atoms with Crippen LogP contribution in [0.4, 0.5) is 4.79 Å². The number of ether oxygens (including phenoxy) is 1. The molecule has 1 saturated heterocycles. The third-order valence-corrected chi connectivity index (χ3v) is 8.93. The Hall–Kier alpha value is -3.95. The zero-order valence-electron chi connectivity index (χ0n) is 31.4. The van der Waals surface area contributed by atoms with Crippen molar-refractivity contribution in [3.05, 3.63) is 0 Å². The first-order chi connectivity index (χ1) is 24.2. The number of amides is 7. The average Bonchev–Trinajstić information content (AvgIpc) is 3.08. The van der Waals surface area contributed by atoms with Gasteiger partial charge in [0.15, 0.2) is 0 Å². The predicted molar refractivity (Wildman–Crippen MR) is 191 cm³/mol. The SMILES string of the molecule is CCCCCCCCCC[C@H]1OC(=O)CNC(=O)[C@H](CNC(N)=O)NC(=O)[C@H](CO)NC(=O)[C@H](CCC)NC(=O)[C@H](CC(C)C)N(C)C(=O)[C@@H]1C. The molecule has 0 bridgehead atoms. The maximum absolute atomic E-state index is 14.0. The van der Waals surface area contributed by atoms with Crippen molar-refractivity contribution < 1.29 is 43.4 Å². The molecule has 1 heterocycles. The lowest BCUT2D eigenvalue weighted by Gasteiger charge is -2.34. The minimum atomic E-state index is -1.54. The zero-order valence-corrected chi connectivity index (χ0v) is 31.4. The highest BCUT2D eigenvalue weighted by Crippen LogP contribution is 2.22. The maximum Gasteiger partial charge on any atom is 0.325 e. The monoisotopic (exact) mass is 725 g/mol. The number of urea groups is 1. The van der Waals surface area contributed by atoms with Crippen molar-refractivity contribution in [2.24, 2.45) is 17.6 Å². The zero-order chi connectivity index (χ0) is 38.5. The molecule has 1 rings (SSSR count). The third-order valence-electron chi connectivity index (χ3n) is 8.93. The lowest BCUT2D eigenvalue weighted by Crippen LogP contribution is -2.60. The summed E-state index contributed by atoms with van der Waals surface area (Å²) in [6, 6.07) is -6.08. The first kappa shape index (κ1) is 45.1. The van der Waals surface area contributed by atoms with Gasteiger partial charge in [0, 0.05) is 13.6 Å².